The molecular formula is C16H31N3O4. The molecule has 0 rings (SSSR count). The second kappa shape index (κ2) is 8.74. The fourth-order valence-electron chi connectivity index (χ4n) is 2.29. The van der Waals surface area contributed by atoms with Gasteiger partial charge in [-0.1, -0.05) is 13.8 Å². The van der Waals surface area contributed by atoms with E-state index in [1.807, 2.05) is 13.8 Å². The van der Waals surface area contributed by atoms with Gasteiger partial charge in [-0.25, -0.2) is 4.79 Å². The number of alkyl carbamates (subject to hydrolysis) is 1. The number of likely N-dealkylation sites (N-methyl/N-ethyl adjacent to an activating group) is 2. The van der Waals surface area contributed by atoms with E-state index in [1.165, 1.54) is 11.9 Å². The number of nitrogens with one attached hydrogen (secondary N) is 2. The number of carbonyl (C=O) groups excluding carboxylic acids is 3. The lowest BCUT2D eigenvalue weighted by Crippen LogP contribution is -2.50. The summed E-state index contributed by atoms with van der Waals surface area (Å²) in [5.41, 5.74) is -0.600. The number of ether oxygens (including phenoxy) is 1. The van der Waals surface area contributed by atoms with Crippen LogP contribution in [0.2, 0.25) is 0 Å². The monoisotopic (exact) mass is 329 g/mol. The summed E-state index contributed by atoms with van der Waals surface area (Å²) in [6.07, 6.45) is -0.558. The van der Waals surface area contributed by atoms with Crippen molar-refractivity contribution in [3.8, 4) is 0 Å². The Hall–Kier alpha value is -1.79. The summed E-state index contributed by atoms with van der Waals surface area (Å²) in [6, 6.07) is -0.413. The molecule has 0 radical (unpaired) electrons. The van der Waals surface area contributed by atoms with Gasteiger partial charge >= 0.3 is 6.09 Å². The van der Waals surface area contributed by atoms with Crippen molar-refractivity contribution in [2.45, 2.75) is 53.2 Å². The summed E-state index contributed by atoms with van der Waals surface area (Å²) in [5.74, 6) is -0.875. The number of rotatable bonds is 6. The van der Waals surface area contributed by atoms with Crippen LogP contribution in [0.3, 0.4) is 0 Å². The Morgan fingerprint density at radius 2 is 1.65 bits per heavy atom. The zero-order chi connectivity index (χ0) is 18.4. The molecule has 7 heteroatoms. The van der Waals surface area contributed by atoms with Gasteiger partial charge in [0.2, 0.25) is 11.8 Å². The molecule has 0 aromatic carbocycles. The van der Waals surface area contributed by atoms with Gasteiger partial charge < -0.3 is 20.3 Å². The van der Waals surface area contributed by atoms with Crippen molar-refractivity contribution in [1.29, 1.82) is 0 Å². The number of hydrogen-bond acceptors (Lipinski definition) is 4. The number of carbonyl (C=O) groups is 3. The Bertz CT molecular complexity index is 430. The van der Waals surface area contributed by atoms with Crippen molar-refractivity contribution in [2.24, 2.45) is 11.8 Å². The largest absolute Gasteiger partial charge is 0.444 e. The Morgan fingerprint density at radius 1 is 1.13 bits per heavy atom. The first-order chi connectivity index (χ1) is 10.4. The van der Waals surface area contributed by atoms with E-state index in [4.69, 9.17) is 4.74 Å². The second-order valence-electron chi connectivity index (χ2n) is 7.07. The molecule has 0 saturated heterocycles. The summed E-state index contributed by atoms with van der Waals surface area (Å²) >= 11 is 0. The molecule has 2 atom stereocenters. The van der Waals surface area contributed by atoms with Crippen LogP contribution in [-0.2, 0) is 14.3 Å². The SMILES string of the molecule is CNC(=O)CN(C)C(=O)C(C(C)C)C(C)NC(=O)OC(C)(C)C. The van der Waals surface area contributed by atoms with Crippen molar-refractivity contribution >= 4 is 17.9 Å². The molecule has 0 aliphatic rings. The molecule has 0 aliphatic heterocycles. The first-order valence-electron chi connectivity index (χ1n) is 7.84. The highest BCUT2D eigenvalue weighted by atomic mass is 16.6. The molecule has 0 spiro atoms. The van der Waals surface area contributed by atoms with E-state index in [1.54, 1.807) is 34.7 Å². The molecule has 0 fully saturated rings. The van der Waals surface area contributed by atoms with Crippen LogP contribution in [0.4, 0.5) is 4.79 Å². The smallest absolute Gasteiger partial charge is 0.407 e. The number of amides is 3. The number of nitrogens with zero attached hydrogens (tertiary/aromatic N) is 1. The zero-order valence-electron chi connectivity index (χ0n) is 15.5. The minimum atomic E-state index is -0.600. The second-order valence-corrected chi connectivity index (χ2v) is 7.07. The van der Waals surface area contributed by atoms with Gasteiger partial charge in [0.1, 0.15) is 5.60 Å². The summed E-state index contributed by atoms with van der Waals surface area (Å²) in [4.78, 5) is 37.3. The lowest BCUT2D eigenvalue weighted by molar-refractivity contribution is -0.139. The standard InChI is InChI=1S/C16H31N3O4/c1-10(2)13(14(21)19(8)9-12(20)17-7)11(3)18-15(22)23-16(4,5)6/h10-11,13H,9H2,1-8H3,(H,17,20)(H,18,22). The molecule has 23 heavy (non-hydrogen) atoms. The molecule has 0 heterocycles. The van der Waals surface area contributed by atoms with E-state index in [0.717, 1.165) is 0 Å². The van der Waals surface area contributed by atoms with Gasteiger partial charge in [0, 0.05) is 20.1 Å². The third kappa shape index (κ3) is 7.85. The van der Waals surface area contributed by atoms with Gasteiger partial charge in [0.05, 0.1) is 12.5 Å². The van der Waals surface area contributed by atoms with Crippen LogP contribution in [0, 0.1) is 11.8 Å². The molecule has 134 valence electrons. The minimum Gasteiger partial charge on any atom is -0.444 e. The summed E-state index contributed by atoms with van der Waals surface area (Å²) < 4.78 is 5.22. The Balaban J connectivity index is 4.92. The predicted molar refractivity (Wildman–Crippen MR) is 88.9 cm³/mol. The maximum absolute atomic E-state index is 12.6. The number of hydrogen-bond donors (Lipinski definition) is 2. The van der Waals surface area contributed by atoms with Crippen LogP contribution in [0.1, 0.15) is 41.5 Å². The van der Waals surface area contributed by atoms with E-state index in [9.17, 15) is 14.4 Å². The van der Waals surface area contributed by atoms with Crippen LogP contribution in [0.15, 0.2) is 0 Å². The van der Waals surface area contributed by atoms with E-state index >= 15 is 0 Å². The zero-order valence-corrected chi connectivity index (χ0v) is 15.5. The molecule has 0 bridgehead atoms. The summed E-state index contributed by atoms with van der Waals surface area (Å²) in [6.45, 7) is 10.9. The molecule has 0 saturated carbocycles. The Labute approximate surface area is 139 Å². The van der Waals surface area contributed by atoms with E-state index in [-0.39, 0.29) is 24.3 Å². The third-order valence-corrected chi connectivity index (χ3v) is 3.32. The van der Waals surface area contributed by atoms with Gasteiger partial charge in [-0.3, -0.25) is 9.59 Å². The van der Waals surface area contributed by atoms with Crippen LogP contribution in [0.5, 0.6) is 0 Å². The molecule has 7 nitrogen and oxygen atoms in total. The van der Waals surface area contributed by atoms with Gasteiger partial charge in [0.25, 0.3) is 0 Å². The Kier molecular flexibility index (Phi) is 8.06. The van der Waals surface area contributed by atoms with Crippen LogP contribution in [-0.4, -0.2) is 55.1 Å². The molecule has 0 aromatic heterocycles. The quantitative estimate of drug-likeness (QED) is 0.770. The van der Waals surface area contributed by atoms with Gasteiger partial charge in [0.15, 0.2) is 0 Å². The fraction of sp³-hybridized carbons (Fsp3) is 0.812. The van der Waals surface area contributed by atoms with Crippen molar-refractivity contribution < 1.29 is 19.1 Å². The van der Waals surface area contributed by atoms with E-state index < -0.39 is 23.7 Å². The maximum Gasteiger partial charge on any atom is 0.407 e. The average Bonchev–Trinajstić information content (AvgIpc) is 2.35. The third-order valence-electron chi connectivity index (χ3n) is 3.32. The molecule has 0 aromatic rings. The normalized spacial score (nSPS) is 14.0. The van der Waals surface area contributed by atoms with Crippen molar-refractivity contribution in [3.63, 3.8) is 0 Å². The Morgan fingerprint density at radius 3 is 2.04 bits per heavy atom. The average molecular weight is 329 g/mol. The topological polar surface area (TPSA) is 87.7 Å². The highest BCUT2D eigenvalue weighted by molar-refractivity contribution is 5.86. The van der Waals surface area contributed by atoms with Crippen LogP contribution < -0.4 is 10.6 Å². The lowest BCUT2D eigenvalue weighted by atomic mass is 9.88. The molecule has 2 unspecified atom stereocenters. The van der Waals surface area contributed by atoms with Crippen molar-refractivity contribution in [3.05, 3.63) is 0 Å². The van der Waals surface area contributed by atoms with Crippen molar-refractivity contribution in [1.82, 2.24) is 15.5 Å². The summed E-state index contributed by atoms with van der Waals surface area (Å²) in [5, 5.41) is 5.20. The van der Waals surface area contributed by atoms with E-state index in [2.05, 4.69) is 10.6 Å². The van der Waals surface area contributed by atoms with Crippen molar-refractivity contribution in [2.75, 3.05) is 20.6 Å². The fourth-order valence-corrected chi connectivity index (χ4v) is 2.29. The van der Waals surface area contributed by atoms with E-state index in [0.29, 0.717) is 0 Å². The predicted octanol–water partition coefficient (Wildman–Crippen LogP) is 1.38. The first-order valence-corrected chi connectivity index (χ1v) is 7.84. The van der Waals surface area contributed by atoms with Crippen LogP contribution in [0.25, 0.3) is 0 Å². The highest BCUT2D eigenvalue weighted by Crippen LogP contribution is 2.19. The maximum atomic E-state index is 12.6. The first kappa shape index (κ1) is 21.2. The van der Waals surface area contributed by atoms with Crippen LogP contribution >= 0.6 is 0 Å². The van der Waals surface area contributed by atoms with Gasteiger partial charge in [-0.2, -0.15) is 0 Å². The highest BCUT2D eigenvalue weighted by Gasteiger charge is 2.32. The van der Waals surface area contributed by atoms with Gasteiger partial charge in [-0.05, 0) is 33.6 Å². The lowest BCUT2D eigenvalue weighted by Gasteiger charge is -2.31. The summed E-state index contributed by atoms with van der Waals surface area (Å²) in [7, 11) is 3.10. The molecular weight excluding hydrogens is 298 g/mol. The molecule has 2 N–H and O–H groups in total. The molecule has 3 amide bonds. The van der Waals surface area contributed by atoms with Gasteiger partial charge in [-0.15, -0.1) is 0 Å². The molecule has 0 aliphatic carbocycles. The minimum absolute atomic E-state index is 0.000394.